The van der Waals surface area contributed by atoms with E-state index in [0.717, 1.165) is 15.6 Å². The predicted octanol–water partition coefficient (Wildman–Crippen LogP) is 3.92. The Bertz CT molecular complexity index is 407. The molecule has 1 N–H and O–H groups in total. The van der Waals surface area contributed by atoms with Gasteiger partial charge < -0.3 is 5.11 Å². The lowest BCUT2D eigenvalue weighted by molar-refractivity contribution is 0.422. The standard InChI is InChI=1S/C13H17IO/c1-8-7-10-9(11(14)12(8)15)5-4-6-13(10,2)3/h7,15H,4-6H2,1-3H3. The Labute approximate surface area is 105 Å². The lowest BCUT2D eigenvalue weighted by atomic mass is 9.72. The van der Waals surface area contributed by atoms with Gasteiger partial charge in [0.2, 0.25) is 0 Å². The first-order valence-electron chi connectivity index (χ1n) is 5.45. The van der Waals surface area contributed by atoms with Crippen LogP contribution >= 0.6 is 22.6 Å². The third-order valence-corrected chi connectivity index (χ3v) is 4.65. The maximum absolute atomic E-state index is 9.93. The smallest absolute Gasteiger partial charge is 0.132 e. The molecule has 0 amide bonds. The third-order valence-electron chi connectivity index (χ3n) is 3.49. The second-order valence-electron chi connectivity index (χ2n) is 5.12. The molecule has 0 atom stereocenters. The Morgan fingerprint density at radius 1 is 1.40 bits per heavy atom. The summed E-state index contributed by atoms with van der Waals surface area (Å²) in [5.74, 6) is 0.479. The molecule has 0 aromatic heterocycles. The van der Waals surface area contributed by atoms with Gasteiger partial charge in [-0.3, -0.25) is 0 Å². The van der Waals surface area contributed by atoms with Crippen molar-refractivity contribution in [1.82, 2.24) is 0 Å². The molecule has 0 aliphatic heterocycles. The predicted molar refractivity (Wildman–Crippen MR) is 71.5 cm³/mol. The van der Waals surface area contributed by atoms with Crippen molar-refractivity contribution in [2.75, 3.05) is 0 Å². The van der Waals surface area contributed by atoms with Crippen molar-refractivity contribution < 1.29 is 5.11 Å². The van der Waals surface area contributed by atoms with E-state index in [2.05, 4.69) is 42.5 Å². The van der Waals surface area contributed by atoms with Crippen LogP contribution in [0.3, 0.4) is 0 Å². The van der Waals surface area contributed by atoms with Crippen LogP contribution < -0.4 is 0 Å². The Balaban J connectivity index is 2.69. The number of benzene rings is 1. The van der Waals surface area contributed by atoms with Crippen molar-refractivity contribution >= 4 is 22.6 Å². The Hall–Kier alpha value is -0.250. The van der Waals surface area contributed by atoms with Crippen molar-refractivity contribution in [3.05, 3.63) is 26.3 Å². The average molecular weight is 316 g/mol. The molecular weight excluding hydrogens is 299 g/mol. The molecule has 0 saturated heterocycles. The Morgan fingerprint density at radius 3 is 2.73 bits per heavy atom. The first-order chi connectivity index (χ1) is 6.93. The first-order valence-corrected chi connectivity index (χ1v) is 6.53. The van der Waals surface area contributed by atoms with Gasteiger partial charge in [-0.25, -0.2) is 0 Å². The molecule has 1 nitrogen and oxygen atoms in total. The van der Waals surface area contributed by atoms with Crippen LogP contribution in [0.4, 0.5) is 0 Å². The Morgan fingerprint density at radius 2 is 2.07 bits per heavy atom. The molecule has 2 rings (SSSR count). The largest absolute Gasteiger partial charge is 0.507 e. The van der Waals surface area contributed by atoms with Crippen LogP contribution in [0, 0.1) is 10.5 Å². The summed E-state index contributed by atoms with van der Waals surface area (Å²) in [4.78, 5) is 0. The van der Waals surface area contributed by atoms with Crippen LogP contribution in [0.2, 0.25) is 0 Å². The van der Waals surface area contributed by atoms with Gasteiger partial charge in [-0.2, -0.15) is 0 Å². The van der Waals surface area contributed by atoms with E-state index in [1.165, 1.54) is 24.0 Å². The van der Waals surface area contributed by atoms with Gasteiger partial charge in [-0.05, 0) is 70.9 Å². The van der Waals surface area contributed by atoms with E-state index in [1.54, 1.807) is 0 Å². The zero-order valence-electron chi connectivity index (χ0n) is 9.52. The summed E-state index contributed by atoms with van der Waals surface area (Å²) in [7, 11) is 0. The number of hydrogen-bond donors (Lipinski definition) is 1. The molecule has 0 spiro atoms. The SMILES string of the molecule is Cc1cc2c(c(I)c1O)CCCC2(C)C. The Kier molecular flexibility index (Phi) is 2.73. The summed E-state index contributed by atoms with van der Waals surface area (Å²) >= 11 is 2.28. The molecule has 2 heteroatoms. The monoisotopic (exact) mass is 316 g/mol. The molecule has 0 heterocycles. The molecule has 15 heavy (non-hydrogen) atoms. The zero-order chi connectivity index (χ0) is 11.2. The highest BCUT2D eigenvalue weighted by molar-refractivity contribution is 14.1. The van der Waals surface area contributed by atoms with E-state index in [0.29, 0.717) is 5.75 Å². The van der Waals surface area contributed by atoms with Crippen molar-refractivity contribution in [3.63, 3.8) is 0 Å². The van der Waals surface area contributed by atoms with Crippen LogP contribution in [0.25, 0.3) is 0 Å². The van der Waals surface area contributed by atoms with Crippen LogP contribution in [-0.2, 0) is 11.8 Å². The number of halogens is 1. The van der Waals surface area contributed by atoms with E-state index in [-0.39, 0.29) is 5.41 Å². The van der Waals surface area contributed by atoms with Gasteiger partial charge in [-0.1, -0.05) is 19.9 Å². The molecule has 1 aliphatic carbocycles. The van der Waals surface area contributed by atoms with Crippen molar-refractivity contribution in [1.29, 1.82) is 0 Å². The number of aryl methyl sites for hydroxylation is 1. The number of phenols is 1. The normalized spacial score (nSPS) is 18.7. The van der Waals surface area contributed by atoms with Crippen molar-refractivity contribution in [3.8, 4) is 5.75 Å². The quantitative estimate of drug-likeness (QED) is 0.719. The van der Waals surface area contributed by atoms with E-state index in [9.17, 15) is 5.11 Å². The minimum absolute atomic E-state index is 0.270. The molecule has 0 saturated carbocycles. The molecule has 0 unspecified atom stereocenters. The van der Waals surface area contributed by atoms with Gasteiger partial charge in [-0.15, -0.1) is 0 Å². The molecule has 0 fully saturated rings. The highest BCUT2D eigenvalue weighted by Gasteiger charge is 2.29. The maximum atomic E-state index is 9.93. The zero-order valence-corrected chi connectivity index (χ0v) is 11.7. The minimum atomic E-state index is 0.270. The summed E-state index contributed by atoms with van der Waals surface area (Å²) in [5.41, 5.74) is 4.09. The van der Waals surface area contributed by atoms with Gasteiger partial charge in [0, 0.05) is 0 Å². The molecule has 1 aromatic rings. The lowest BCUT2D eigenvalue weighted by Crippen LogP contribution is -2.24. The summed E-state index contributed by atoms with van der Waals surface area (Å²) < 4.78 is 1.07. The minimum Gasteiger partial charge on any atom is -0.507 e. The van der Waals surface area contributed by atoms with Gasteiger partial charge in [0.1, 0.15) is 5.75 Å². The van der Waals surface area contributed by atoms with E-state index in [4.69, 9.17) is 0 Å². The maximum Gasteiger partial charge on any atom is 0.132 e. The van der Waals surface area contributed by atoms with Gasteiger partial charge in [0.05, 0.1) is 3.57 Å². The topological polar surface area (TPSA) is 20.2 Å². The van der Waals surface area contributed by atoms with Crippen LogP contribution in [0.15, 0.2) is 6.07 Å². The molecular formula is C13H17IO. The van der Waals surface area contributed by atoms with E-state index < -0.39 is 0 Å². The molecule has 1 aromatic carbocycles. The summed E-state index contributed by atoms with van der Waals surface area (Å²) in [6.07, 6.45) is 3.60. The van der Waals surface area contributed by atoms with E-state index in [1.807, 2.05) is 6.92 Å². The molecule has 82 valence electrons. The number of aromatic hydroxyl groups is 1. The third kappa shape index (κ3) is 1.77. The fourth-order valence-corrected chi connectivity index (χ4v) is 3.48. The lowest BCUT2D eigenvalue weighted by Gasteiger charge is -2.33. The second kappa shape index (κ2) is 3.65. The van der Waals surface area contributed by atoms with Gasteiger partial charge >= 0.3 is 0 Å². The summed E-state index contributed by atoms with van der Waals surface area (Å²) in [5, 5.41) is 9.93. The number of phenolic OH excluding ortho intramolecular Hbond substituents is 1. The first kappa shape index (κ1) is 11.2. The fraction of sp³-hybridized carbons (Fsp3) is 0.538. The second-order valence-corrected chi connectivity index (χ2v) is 6.20. The highest BCUT2D eigenvalue weighted by atomic mass is 127. The van der Waals surface area contributed by atoms with Crippen molar-refractivity contribution in [2.45, 2.75) is 45.4 Å². The summed E-state index contributed by atoms with van der Waals surface area (Å²) in [6, 6.07) is 2.17. The average Bonchev–Trinajstić information content (AvgIpc) is 2.16. The number of fused-ring (bicyclic) bond motifs is 1. The van der Waals surface area contributed by atoms with E-state index >= 15 is 0 Å². The molecule has 0 radical (unpaired) electrons. The van der Waals surface area contributed by atoms with Gasteiger partial charge in [0.15, 0.2) is 0 Å². The molecule has 0 bridgehead atoms. The van der Waals surface area contributed by atoms with Crippen LogP contribution in [0.5, 0.6) is 5.75 Å². The molecule has 1 aliphatic rings. The number of hydrogen-bond acceptors (Lipinski definition) is 1. The highest BCUT2D eigenvalue weighted by Crippen LogP contribution is 2.42. The van der Waals surface area contributed by atoms with Crippen LogP contribution in [0.1, 0.15) is 43.4 Å². The van der Waals surface area contributed by atoms with Crippen molar-refractivity contribution in [2.24, 2.45) is 0 Å². The van der Waals surface area contributed by atoms with Gasteiger partial charge in [0.25, 0.3) is 0 Å². The number of rotatable bonds is 0. The summed E-state index contributed by atoms with van der Waals surface area (Å²) in [6.45, 7) is 6.59. The fourth-order valence-electron chi connectivity index (χ4n) is 2.50. The van der Waals surface area contributed by atoms with Crippen LogP contribution in [-0.4, -0.2) is 5.11 Å².